The summed E-state index contributed by atoms with van der Waals surface area (Å²) in [7, 11) is 0. The van der Waals surface area contributed by atoms with Gasteiger partial charge in [-0.25, -0.2) is 4.98 Å². The predicted molar refractivity (Wildman–Crippen MR) is 61.3 cm³/mol. The highest BCUT2D eigenvalue weighted by molar-refractivity contribution is 6.29. The van der Waals surface area contributed by atoms with Gasteiger partial charge in [0.15, 0.2) is 0 Å². The number of hydrogen-bond donors (Lipinski definition) is 2. The van der Waals surface area contributed by atoms with Crippen molar-refractivity contribution in [3.8, 4) is 0 Å². The average Bonchev–Trinajstić information content (AvgIpc) is 2.16. The SMILES string of the molecule is NNC(CC1CCC1)c1ccnc(Cl)c1. The van der Waals surface area contributed by atoms with Crippen LogP contribution in [0.4, 0.5) is 0 Å². The van der Waals surface area contributed by atoms with Gasteiger partial charge in [-0.3, -0.25) is 11.3 Å². The number of hydrazine groups is 1. The number of hydrogen-bond acceptors (Lipinski definition) is 3. The van der Waals surface area contributed by atoms with E-state index in [0.29, 0.717) is 5.15 Å². The Balaban J connectivity index is 2.04. The normalized spacial score (nSPS) is 18.5. The van der Waals surface area contributed by atoms with E-state index >= 15 is 0 Å². The van der Waals surface area contributed by atoms with Crippen molar-refractivity contribution in [1.82, 2.24) is 10.4 Å². The molecule has 3 nitrogen and oxygen atoms in total. The zero-order valence-corrected chi connectivity index (χ0v) is 9.37. The largest absolute Gasteiger partial charge is 0.271 e. The van der Waals surface area contributed by atoms with Crippen LogP contribution < -0.4 is 11.3 Å². The Labute approximate surface area is 95.0 Å². The average molecular weight is 226 g/mol. The van der Waals surface area contributed by atoms with Crippen LogP contribution in [0, 0.1) is 5.92 Å². The van der Waals surface area contributed by atoms with Gasteiger partial charge in [0, 0.05) is 12.2 Å². The third-order valence-electron chi connectivity index (χ3n) is 3.15. The van der Waals surface area contributed by atoms with Gasteiger partial charge in [-0.05, 0) is 30.0 Å². The molecule has 4 heteroatoms. The number of rotatable bonds is 4. The van der Waals surface area contributed by atoms with Gasteiger partial charge in [0.25, 0.3) is 0 Å². The molecule has 1 saturated carbocycles. The van der Waals surface area contributed by atoms with Gasteiger partial charge >= 0.3 is 0 Å². The molecule has 0 bridgehead atoms. The van der Waals surface area contributed by atoms with Gasteiger partial charge in [-0.15, -0.1) is 0 Å². The van der Waals surface area contributed by atoms with Gasteiger partial charge in [0.05, 0.1) is 0 Å². The lowest BCUT2D eigenvalue weighted by Crippen LogP contribution is -2.31. The van der Waals surface area contributed by atoms with Crippen LogP contribution in [-0.4, -0.2) is 4.98 Å². The number of nitrogens with two attached hydrogens (primary N) is 1. The first-order chi connectivity index (χ1) is 7.29. The maximum absolute atomic E-state index is 5.85. The second-order valence-corrected chi connectivity index (χ2v) is 4.55. The van der Waals surface area contributed by atoms with Crippen molar-refractivity contribution in [2.75, 3.05) is 0 Å². The van der Waals surface area contributed by atoms with Gasteiger partial charge in [-0.2, -0.15) is 0 Å². The standard InChI is InChI=1S/C11H16ClN3/c12-11-7-9(4-5-14-11)10(15-13)6-8-2-1-3-8/h4-5,7-8,10,15H,1-3,6,13H2. The molecule has 1 aromatic heterocycles. The lowest BCUT2D eigenvalue weighted by atomic mass is 9.80. The fourth-order valence-electron chi connectivity index (χ4n) is 2.00. The minimum absolute atomic E-state index is 0.204. The highest BCUT2D eigenvalue weighted by Crippen LogP contribution is 2.34. The maximum atomic E-state index is 5.85. The third kappa shape index (κ3) is 2.68. The lowest BCUT2D eigenvalue weighted by molar-refractivity contribution is 0.262. The minimum Gasteiger partial charge on any atom is -0.271 e. The highest BCUT2D eigenvalue weighted by atomic mass is 35.5. The van der Waals surface area contributed by atoms with E-state index in [1.807, 2.05) is 12.1 Å². The second-order valence-electron chi connectivity index (χ2n) is 4.16. The molecule has 1 fully saturated rings. The van der Waals surface area contributed by atoms with Crippen LogP contribution in [0.1, 0.15) is 37.3 Å². The van der Waals surface area contributed by atoms with Crippen molar-refractivity contribution in [1.29, 1.82) is 0 Å². The minimum atomic E-state index is 0.204. The molecule has 0 spiro atoms. The highest BCUT2D eigenvalue weighted by Gasteiger charge is 2.22. The number of aromatic nitrogens is 1. The monoisotopic (exact) mass is 225 g/mol. The molecular formula is C11H16ClN3. The van der Waals surface area contributed by atoms with E-state index in [1.165, 1.54) is 19.3 Å². The molecule has 1 aliphatic carbocycles. The Morgan fingerprint density at radius 2 is 2.40 bits per heavy atom. The number of pyridine rings is 1. The summed E-state index contributed by atoms with van der Waals surface area (Å²) in [5, 5.41) is 0.529. The van der Waals surface area contributed by atoms with Crippen LogP contribution in [-0.2, 0) is 0 Å². The summed E-state index contributed by atoms with van der Waals surface area (Å²) in [6.45, 7) is 0. The molecule has 1 aromatic rings. The molecule has 0 amide bonds. The summed E-state index contributed by atoms with van der Waals surface area (Å²) in [6.07, 6.45) is 6.84. The van der Waals surface area contributed by atoms with Crippen LogP contribution in [0.25, 0.3) is 0 Å². The van der Waals surface area contributed by atoms with E-state index < -0.39 is 0 Å². The Kier molecular flexibility index (Phi) is 3.57. The second kappa shape index (κ2) is 4.92. The molecule has 3 N–H and O–H groups in total. The fraction of sp³-hybridized carbons (Fsp3) is 0.545. The summed E-state index contributed by atoms with van der Waals surface area (Å²) in [4.78, 5) is 3.97. The van der Waals surface area contributed by atoms with Crippen LogP contribution in [0.5, 0.6) is 0 Å². The van der Waals surface area contributed by atoms with Gasteiger partial charge in [0.2, 0.25) is 0 Å². The van der Waals surface area contributed by atoms with Gasteiger partial charge in [0.1, 0.15) is 5.15 Å². The van der Waals surface area contributed by atoms with E-state index in [0.717, 1.165) is 17.9 Å². The fourth-order valence-corrected chi connectivity index (χ4v) is 2.18. The summed E-state index contributed by atoms with van der Waals surface area (Å²) in [6, 6.07) is 4.05. The molecule has 1 atom stereocenters. The van der Waals surface area contributed by atoms with Crippen molar-refractivity contribution < 1.29 is 0 Å². The molecular weight excluding hydrogens is 210 g/mol. The Hall–Kier alpha value is -0.640. The van der Waals surface area contributed by atoms with E-state index in [1.54, 1.807) is 6.20 Å². The van der Waals surface area contributed by atoms with Crippen molar-refractivity contribution in [2.45, 2.75) is 31.7 Å². The predicted octanol–water partition coefficient (Wildman–Crippen LogP) is 2.43. The molecule has 2 rings (SSSR count). The van der Waals surface area contributed by atoms with Crippen LogP contribution in [0.2, 0.25) is 5.15 Å². The Morgan fingerprint density at radius 1 is 1.60 bits per heavy atom. The number of halogens is 1. The molecule has 15 heavy (non-hydrogen) atoms. The molecule has 0 saturated heterocycles. The smallest absolute Gasteiger partial charge is 0.129 e. The van der Waals surface area contributed by atoms with Gasteiger partial charge in [-0.1, -0.05) is 30.9 Å². The first kappa shape index (κ1) is 10.9. The van der Waals surface area contributed by atoms with Crippen LogP contribution >= 0.6 is 11.6 Å². The van der Waals surface area contributed by atoms with Gasteiger partial charge < -0.3 is 0 Å². The molecule has 0 aliphatic heterocycles. The van der Waals surface area contributed by atoms with E-state index in [2.05, 4.69) is 10.4 Å². The first-order valence-corrected chi connectivity index (χ1v) is 5.75. The molecule has 1 aliphatic rings. The first-order valence-electron chi connectivity index (χ1n) is 5.37. The maximum Gasteiger partial charge on any atom is 0.129 e. The molecule has 0 aromatic carbocycles. The number of nitrogens with one attached hydrogen (secondary N) is 1. The molecule has 1 heterocycles. The molecule has 82 valence electrons. The Bertz CT molecular complexity index is 325. The summed E-state index contributed by atoms with van der Waals surface area (Å²) in [5.41, 5.74) is 3.99. The quantitative estimate of drug-likeness (QED) is 0.470. The van der Waals surface area contributed by atoms with Crippen molar-refractivity contribution in [2.24, 2.45) is 11.8 Å². The lowest BCUT2D eigenvalue weighted by Gasteiger charge is -2.29. The van der Waals surface area contributed by atoms with Crippen molar-refractivity contribution >= 4 is 11.6 Å². The summed E-state index contributed by atoms with van der Waals surface area (Å²) >= 11 is 5.85. The number of nitrogens with zero attached hydrogens (tertiary/aromatic N) is 1. The van der Waals surface area contributed by atoms with Crippen molar-refractivity contribution in [3.63, 3.8) is 0 Å². The zero-order chi connectivity index (χ0) is 10.7. The molecule has 0 radical (unpaired) electrons. The van der Waals surface area contributed by atoms with Crippen molar-refractivity contribution in [3.05, 3.63) is 29.0 Å². The third-order valence-corrected chi connectivity index (χ3v) is 3.35. The molecule has 1 unspecified atom stereocenters. The Morgan fingerprint density at radius 3 is 2.93 bits per heavy atom. The van der Waals surface area contributed by atoms with E-state index in [4.69, 9.17) is 17.4 Å². The van der Waals surface area contributed by atoms with E-state index in [-0.39, 0.29) is 6.04 Å². The summed E-state index contributed by atoms with van der Waals surface area (Å²) in [5.74, 6) is 6.39. The summed E-state index contributed by atoms with van der Waals surface area (Å²) < 4.78 is 0. The topological polar surface area (TPSA) is 50.9 Å². The van der Waals surface area contributed by atoms with Crippen LogP contribution in [0.15, 0.2) is 18.3 Å². The zero-order valence-electron chi connectivity index (χ0n) is 8.62. The van der Waals surface area contributed by atoms with Crippen LogP contribution in [0.3, 0.4) is 0 Å². The van der Waals surface area contributed by atoms with E-state index in [9.17, 15) is 0 Å².